The Morgan fingerprint density at radius 1 is 1.12 bits per heavy atom. The zero-order valence-corrected chi connectivity index (χ0v) is 22.3. The summed E-state index contributed by atoms with van der Waals surface area (Å²) >= 11 is 19.1. The summed E-state index contributed by atoms with van der Waals surface area (Å²) in [5, 5.41) is 3.98. The van der Waals surface area contributed by atoms with Crippen LogP contribution in [-0.2, 0) is 11.4 Å². The first-order chi connectivity index (χ1) is 15.4. The number of benzene rings is 3. The molecule has 9 heteroatoms. The van der Waals surface area contributed by atoms with Gasteiger partial charge in [0.05, 0.1) is 24.2 Å². The molecule has 1 aliphatic rings. The van der Waals surface area contributed by atoms with Gasteiger partial charge in [-0.25, -0.2) is 4.99 Å². The fourth-order valence-electron chi connectivity index (χ4n) is 2.79. The number of thioether (sulfide) groups is 1. The Balaban J connectivity index is 1.47. The maximum Gasteiger partial charge on any atom is 0.264 e. The summed E-state index contributed by atoms with van der Waals surface area (Å²) in [4.78, 5) is 17.4. The minimum absolute atomic E-state index is 0.211. The number of hydrogen-bond donors (Lipinski definition) is 1. The molecule has 32 heavy (non-hydrogen) atoms. The van der Waals surface area contributed by atoms with E-state index in [9.17, 15) is 4.79 Å². The average molecular weight is 660 g/mol. The van der Waals surface area contributed by atoms with Crippen molar-refractivity contribution in [2.24, 2.45) is 4.99 Å². The zero-order chi connectivity index (χ0) is 22.7. The summed E-state index contributed by atoms with van der Waals surface area (Å²) in [5.41, 5.74) is 2.48. The largest absolute Gasteiger partial charge is 0.488 e. The van der Waals surface area contributed by atoms with Gasteiger partial charge in [-0.3, -0.25) is 4.79 Å². The molecular formula is C23H14BrCl2IN2O2S. The van der Waals surface area contributed by atoms with Gasteiger partial charge in [0.2, 0.25) is 0 Å². The molecule has 0 unspecified atom stereocenters. The molecule has 0 atom stereocenters. The van der Waals surface area contributed by atoms with Gasteiger partial charge in [-0.2, -0.15) is 0 Å². The second-order valence-electron chi connectivity index (χ2n) is 6.66. The van der Waals surface area contributed by atoms with E-state index in [0.29, 0.717) is 32.4 Å². The zero-order valence-electron chi connectivity index (χ0n) is 16.2. The van der Waals surface area contributed by atoms with E-state index >= 15 is 0 Å². The van der Waals surface area contributed by atoms with Crippen LogP contribution in [0.1, 0.15) is 11.1 Å². The molecule has 0 spiro atoms. The van der Waals surface area contributed by atoms with Gasteiger partial charge in [0.25, 0.3) is 5.91 Å². The van der Waals surface area contributed by atoms with Crippen LogP contribution in [0.15, 0.2) is 75.0 Å². The van der Waals surface area contributed by atoms with Gasteiger partial charge in [-0.15, -0.1) is 0 Å². The number of hydrogen-bond acceptors (Lipinski definition) is 4. The molecule has 4 nitrogen and oxygen atoms in total. The van der Waals surface area contributed by atoms with Gasteiger partial charge in [-0.1, -0.05) is 63.4 Å². The van der Waals surface area contributed by atoms with Crippen molar-refractivity contribution in [1.82, 2.24) is 5.32 Å². The number of amides is 1. The van der Waals surface area contributed by atoms with E-state index in [1.165, 1.54) is 11.8 Å². The van der Waals surface area contributed by atoms with E-state index in [0.717, 1.165) is 24.9 Å². The highest BCUT2D eigenvalue weighted by atomic mass is 127. The van der Waals surface area contributed by atoms with Gasteiger partial charge in [-0.05, 0) is 88.0 Å². The van der Waals surface area contributed by atoms with Crippen LogP contribution in [0.5, 0.6) is 5.75 Å². The van der Waals surface area contributed by atoms with E-state index < -0.39 is 0 Å². The van der Waals surface area contributed by atoms with E-state index in [1.54, 1.807) is 18.2 Å². The molecular weight excluding hydrogens is 646 g/mol. The number of rotatable bonds is 5. The fraction of sp³-hybridized carbons (Fsp3) is 0.0435. The highest BCUT2D eigenvalue weighted by Crippen LogP contribution is 2.35. The summed E-state index contributed by atoms with van der Waals surface area (Å²) in [5.74, 6) is 0.578. The molecule has 0 radical (unpaired) electrons. The number of nitrogens with zero attached hydrogens (tertiary/aromatic N) is 1. The second-order valence-corrected chi connectivity index (χ2v) is 10.6. The van der Waals surface area contributed by atoms with Gasteiger partial charge >= 0.3 is 0 Å². The number of carbonyl (C=O) groups excluding carboxylic acids is 1. The Hall–Kier alpha value is -1.52. The van der Waals surface area contributed by atoms with Crippen molar-refractivity contribution in [2.45, 2.75) is 6.61 Å². The predicted molar refractivity (Wildman–Crippen MR) is 145 cm³/mol. The topological polar surface area (TPSA) is 50.7 Å². The van der Waals surface area contributed by atoms with Crippen molar-refractivity contribution < 1.29 is 9.53 Å². The van der Waals surface area contributed by atoms with Crippen molar-refractivity contribution in [2.75, 3.05) is 0 Å². The molecule has 0 aliphatic carbocycles. The van der Waals surface area contributed by atoms with Crippen LogP contribution < -0.4 is 10.1 Å². The van der Waals surface area contributed by atoms with Crippen LogP contribution in [0, 0.1) is 3.57 Å². The predicted octanol–water partition coefficient (Wildman–Crippen LogP) is 7.83. The van der Waals surface area contributed by atoms with Crippen molar-refractivity contribution in [3.05, 3.63) is 94.8 Å². The van der Waals surface area contributed by atoms with Crippen LogP contribution in [0.25, 0.3) is 6.08 Å². The Morgan fingerprint density at radius 3 is 2.66 bits per heavy atom. The molecule has 0 saturated carbocycles. The van der Waals surface area contributed by atoms with E-state index in [2.05, 4.69) is 48.8 Å². The Bertz CT molecular complexity index is 1250. The van der Waals surface area contributed by atoms with Gasteiger partial charge in [0.15, 0.2) is 5.17 Å². The highest BCUT2D eigenvalue weighted by molar-refractivity contribution is 14.1. The smallest absolute Gasteiger partial charge is 0.264 e. The lowest BCUT2D eigenvalue weighted by Gasteiger charge is -2.09. The first-order valence-electron chi connectivity index (χ1n) is 9.29. The third-order valence-electron chi connectivity index (χ3n) is 4.37. The standard InChI is InChI=1S/C23H14BrCl2IN2O2S/c24-15-7-4-13(5-8-15)12-31-19-9-6-14(10-17(19)27)11-20-22(30)29-23(32-20)28-18-3-1-2-16(25)21(18)26/h1-11H,12H2,(H,28,29,30)/b20-11+. The Kier molecular flexibility index (Phi) is 7.83. The van der Waals surface area contributed by atoms with Crippen LogP contribution in [0.4, 0.5) is 5.69 Å². The van der Waals surface area contributed by atoms with Crippen molar-refractivity contribution in [1.29, 1.82) is 0 Å². The highest BCUT2D eigenvalue weighted by Gasteiger charge is 2.24. The lowest BCUT2D eigenvalue weighted by molar-refractivity contribution is -0.115. The second kappa shape index (κ2) is 10.6. The van der Waals surface area contributed by atoms with Crippen LogP contribution in [-0.4, -0.2) is 11.1 Å². The SMILES string of the molecule is O=C1NC(=Nc2cccc(Cl)c2Cl)S/C1=C/c1ccc(OCc2ccc(Br)cc2)c(I)c1. The molecule has 3 aromatic rings. The minimum atomic E-state index is -0.211. The Labute approximate surface area is 221 Å². The average Bonchev–Trinajstić information content (AvgIpc) is 3.10. The maximum absolute atomic E-state index is 12.4. The number of halogens is 4. The summed E-state index contributed by atoms with van der Waals surface area (Å²) < 4.78 is 7.93. The minimum Gasteiger partial charge on any atom is -0.488 e. The molecule has 162 valence electrons. The lowest BCUT2D eigenvalue weighted by atomic mass is 10.2. The molecule has 1 amide bonds. The molecule has 1 heterocycles. The maximum atomic E-state index is 12.4. The van der Waals surface area contributed by atoms with Gasteiger partial charge < -0.3 is 10.1 Å². The molecule has 0 bridgehead atoms. The number of carbonyl (C=O) groups is 1. The monoisotopic (exact) mass is 658 g/mol. The van der Waals surface area contributed by atoms with Crippen molar-refractivity contribution in [3.8, 4) is 5.75 Å². The molecule has 0 aromatic heterocycles. The molecule has 4 rings (SSSR count). The van der Waals surface area contributed by atoms with Gasteiger partial charge in [0.1, 0.15) is 12.4 Å². The van der Waals surface area contributed by atoms with Crippen LogP contribution >= 0.6 is 73.5 Å². The number of ether oxygens (including phenoxy) is 1. The first kappa shape index (κ1) is 23.6. The fourth-order valence-corrected chi connectivity index (χ4v) is 4.92. The number of amidine groups is 1. The molecule has 1 aliphatic heterocycles. The summed E-state index contributed by atoms with van der Waals surface area (Å²) in [7, 11) is 0. The Morgan fingerprint density at radius 2 is 1.91 bits per heavy atom. The third kappa shape index (κ3) is 5.88. The summed E-state index contributed by atoms with van der Waals surface area (Å²) in [6, 6.07) is 19.0. The van der Waals surface area contributed by atoms with Crippen LogP contribution in [0.3, 0.4) is 0 Å². The van der Waals surface area contributed by atoms with Crippen molar-refractivity contribution >= 4 is 96.3 Å². The van der Waals surface area contributed by atoms with E-state index in [4.69, 9.17) is 27.9 Å². The van der Waals surface area contributed by atoms with Gasteiger partial charge in [0, 0.05) is 4.47 Å². The first-order valence-corrected chi connectivity index (χ1v) is 12.7. The normalized spacial score (nSPS) is 15.9. The number of nitrogens with one attached hydrogen (secondary N) is 1. The summed E-state index contributed by atoms with van der Waals surface area (Å²) in [6.45, 7) is 0.480. The molecule has 3 aromatic carbocycles. The molecule has 1 N–H and O–H groups in total. The number of aliphatic imine (C=N–C) groups is 1. The van der Waals surface area contributed by atoms with Crippen molar-refractivity contribution in [3.63, 3.8) is 0 Å². The molecule has 1 fully saturated rings. The molecule has 1 saturated heterocycles. The van der Waals surface area contributed by atoms with Crippen LogP contribution in [0.2, 0.25) is 10.0 Å². The summed E-state index contributed by atoms with van der Waals surface area (Å²) in [6.07, 6.45) is 1.82. The van der Waals surface area contributed by atoms with E-state index in [-0.39, 0.29) is 5.91 Å². The quantitative estimate of drug-likeness (QED) is 0.224. The van der Waals surface area contributed by atoms with E-state index in [1.807, 2.05) is 48.5 Å². The lowest BCUT2D eigenvalue weighted by Crippen LogP contribution is -2.19. The third-order valence-corrected chi connectivity index (χ3v) is 7.46.